The molecule has 0 bridgehead atoms. The molecule has 19 heavy (non-hydrogen) atoms. The Morgan fingerprint density at radius 2 is 2.11 bits per heavy atom. The lowest BCUT2D eigenvalue weighted by Crippen LogP contribution is -1.95. The van der Waals surface area contributed by atoms with E-state index in [-0.39, 0.29) is 0 Å². The summed E-state index contributed by atoms with van der Waals surface area (Å²) in [5.41, 5.74) is 3.26. The highest BCUT2D eigenvalue weighted by atomic mass is 16.5. The van der Waals surface area contributed by atoms with Crippen LogP contribution in [0.4, 0.5) is 0 Å². The first-order valence-electron chi connectivity index (χ1n) is 6.79. The van der Waals surface area contributed by atoms with Crippen molar-refractivity contribution in [2.45, 2.75) is 26.7 Å². The summed E-state index contributed by atoms with van der Waals surface area (Å²) in [6, 6.07) is 8.29. The summed E-state index contributed by atoms with van der Waals surface area (Å²) in [5, 5.41) is 2.45. The molecule has 3 heteroatoms. The molecule has 0 atom stereocenters. The number of hydrogen-bond donors (Lipinski definition) is 1. The van der Waals surface area contributed by atoms with E-state index in [0.717, 1.165) is 41.9 Å². The van der Waals surface area contributed by atoms with E-state index in [2.05, 4.69) is 35.1 Å². The monoisotopic (exact) mass is 254 g/mol. The van der Waals surface area contributed by atoms with Gasteiger partial charge in [0.25, 0.3) is 0 Å². The van der Waals surface area contributed by atoms with Gasteiger partial charge in [0.1, 0.15) is 5.75 Å². The van der Waals surface area contributed by atoms with Crippen LogP contribution in [0.2, 0.25) is 0 Å². The summed E-state index contributed by atoms with van der Waals surface area (Å²) in [7, 11) is 0. The predicted molar refractivity (Wildman–Crippen MR) is 78.7 cm³/mol. The average Bonchev–Trinajstić information content (AvgIpc) is 2.79. The smallest absolute Gasteiger partial charge is 0.121 e. The van der Waals surface area contributed by atoms with Crippen molar-refractivity contribution in [2.24, 2.45) is 0 Å². The standard InChI is InChI=1S/C16H18N2O/c1-3-4-9-19-12-5-6-13-14-7-8-17-11(2)16(14)18-15(13)10-12/h5-8,10,18H,3-4,9H2,1-2H3. The molecule has 3 rings (SSSR count). The summed E-state index contributed by atoms with van der Waals surface area (Å²) >= 11 is 0. The van der Waals surface area contributed by atoms with Crippen molar-refractivity contribution in [3.8, 4) is 5.75 Å². The van der Waals surface area contributed by atoms with Gasteiger partial charge in [-0.05, 0) is 31.5 Å². The molecular formula is C16H18N2O. The Kier molecular flexibility index (Phi) is 3.11. The van der Waals surface area contributed by atoms with Crippen LogP contribution in [0, 0.1) is 6.92 Å². The first-order valence-corrected chi connectivity index (χ1v) is 6.79. The van der Waals surface area contributed by atoms with Gasteiger partial charge in [-0.25, -0.2) is 0 Å². The number of hydrogen-bond acceptors (Lipinski definition) is 2. The predicted octanol–water partition coefficient (Wildman–Crippen LogP) is 4.20. The van der Waals surface area contributed by atoms with Gasteiger partial charge < -0.3 is 9.72 Å². The Labute approximate surface area is 112 Å². The number of benzene rings is 1. The quantitative estimate of drug-likeness (QED) is 0.708. The third-order valence-electron chi connectivity index (χ3n) is 3.45. The number of aromatic nitrogens is 2. The number of nitrogens with one attached hydrogen (secondary N) is 1. The van der Waals surface area contributed by atoms with E-state index in [1.165, 1.54) is 10.8 Å². The number of unbranched alkanes of at least 4 members (excludes halogenated alkanes) is 1. The van der Waals surface area contributed by atoms with E-state index in [4.69, 9.17) is 4.74 Å². The van der Waals surface area contributed by atoms with E-state index < -0.39 is 0 Å². The number of fused-ring (bicyclic) bond motifs is 3. The second kappa shape index (κ2) is 4.92. The number of nitrogens with zero attached hydrogens (tertiary/aromatic N) is 1. The SMILES string of the molecule is CCCCOc1ccc2c(c1)[nH]c1c(C)nccc12. The van der Waals surface area contributed by atoms with Crippen LogP contribution in [0.15, 0.2) is 30.5 Å². The summed E-state index contributed by atoms with van der Waals surface area (Å²) < 4.78 is 5.75. The molecule has 0 aliphatic heterocycles. The normalized spacial score (nSPS) is 11.3. The van der Waals surface area contributed by atoms with Crippen LogP contribution in [-0.2, 0) is 0 Å². The zero-order chi connectivity index (χ0) is 13.2. The van der Waals surface area contributed by atoms with E-state index in [9.17, 15) is 0 Å². The molecule has 0 saturated carbocycles. The fraction of sp³-hybridized carbons (Fsp3) is 0.312. The minimum atomic E-state index is 0.781. The van der Waals surface area contributed by atoms with Crippen molar-refractivity contribution in [1.82, 2.24) is 9.97 Å². The van der Waals surface area contributed by atoms with Gasteiger partial charge in [-0.3, -0.25) is 4.98 Å². The summed E-state index contributed by atoms with van der Waals surface area (Å²) in [4.78, 5) is 7.76. The van der Waals surface area contributed by atoms with Crippen LogP contribution >= 0.6 is 0 Å². The molecule has 0 spiro atoms. The molecule has 1 N–H and O–H groups in total. The van der Waals surface area contributed by atoms with Gasteiger partial charge >= 0.3 is 0 Å². The lowest BCUT2D eigenvalue weighted by Gasteiger charge is -2.04. The minimum absolute atomic E-state index is 0.781. The van der Waals surface area contributed by atoms with Crippen LogP contribution in [0.1, 0.15) is 25.5 Å². The topological polar surface area (TPSA) is 37.9 Å². The molecule has 0 saturated heterocycles. The number of rotatable bonds is 4. The second-order valence-corrected chi connectivity index (χ2v) is 4.85. The van der Waals surface area contributed by atoms with E-state index in [1.807, 2.05) is 19.2 Å². The summed E-state index contributed by atoms with van der Waals surface area (Å²) in [6.07, 6.45) is 4.10. The first-order chi connectivity index (χ1) is 9.29. The zero-order valence-electron chi connectivity index (χ0n) is 11.4. The van der Waals surface area contributed by atoms with Crippen molar-refractivity contribution in [2.75, 3.05) is 6.61 Å². The molecule has 0 radical (unpaired) electrons. The summed E-state index contributed by atoms with van der Waals surface area (Å²) in [5.74, 6) is 0.929. The highest BCUT2D eigenvalue weighted by molar-refractivity contribution is 6.08. The van der Waals surface area contributed by atoms with Crippen molar-refractivity contribution >= 4 is 21.8 Å². The van der Waals surface area contributed by atoms with Crippen LogP contribution < -0.4 is 4.74 Å². The molecule has 2 aromatic heterocycles. The second-order valence-electron chi connectivity index (χ2n) is 4.85. The number of H-pyrrole nitrogens is 1. The molecule has 0 aliphatic rings. The third-order valence-corrected chi connectivity index (χ3v) is 3.45. The van der Waals surface area contributed by atoms with Crippen LogP contribution in [0.25, 0.3) is 21.8 Å². The van der Waals surface area contributed by atoms with Crippen molar-refractivity contribution in [1.29, 1.82) is 0 Å². The number of aromatic amines is 1. The van der Waals surface area contributed by atoms with E-state index in [1.54, 1.807) is 0 Å². The van der Waals surface area contributed by atoms with Gasteiger partial charge in [0.15, 0.2) is 0 Å². The lowest BCUT2D eigenvalue weighted by molar-refractivity contribution is 0.310. The van der Waals surface area contributed by atoms with Crippen LogP contribution in [0.5, 0.6) is 5.75 Å². The molecule has 2 heterocycles. The highest BCUT2D eigenvalue weighted by Crippen LogP contribution is 2.29. The van der Waals surface area contributed by atoms with Crippen molar-refractivity contribution in [3.05, 3.63) is 36.2 Å². The Morgan fingerprint density at radius 3 is 2.95 bits per heavy atom. The lowest BCUT2D eigenvalue weighted by atomic mass is 10.1. The van der Waals surface area contributed by atoms with Crippen molar-refractivity contribution < 1.29 is 4.74 Å². The number of ether oxygens (including phenoxy) is 1. The maximum Gasteiger partial charge on any atom is 0.121 e. The summed E-state index contributed by atoms with van der Waals surface area (Å²) in [6.45, 7) is 4.97. The molecule has 0 fully saturated rings. The Hall–Kier alpha value is -2.03. The highest BCUT2D eigenvalue weighted by Gasteiger charge is 2.07. The fourth-order valence-electron chi connectivity index (χ4n) is 2.37. The van der Waals surface area contributed by atoms with Crippen LogP contribution in [0.3, 0.4) is 0 Å². The average molecular weight is 254 g/mol. The van der Waals surface area contributed by atoms with Gasteiger partial charge in [-0.1, -0.05) is 13.3 Å². The Morgan fingerprint density at radius 1 is 1.21 bits per heavy atom. The molecule has 0 unspecified atom stereocenters. The molecule has 1 aromatic carbocycles. The minimum Gasteiger partial charge on any atom is -0.494 e. The number of aryl methyl sites for hydroxylation is 1. The van der Waals surface area contributed by atoms with Gasteiger partial charge in [-0.15, -0.1) is 0 Å². The molecule has 98 valence electrons. The van der Waals surface area contributed by atoms with Gasteiger partial charge in [0.05, 0.1) is 23.3 Å². The first kappa shape index (κ1) is 12.0. The maximum absolute atomic E-state index is 5.75. The van der Waals surface area contributed by atoms with Gasteiger partial charge in [-0.2, -0.15) is 0 Å². The molecule has 0 amide bonds. The largest absolute Gasteiger partial charge is 0.494 e. The molecule has 3 aromatic rings. The van der Waals surface area contributed by atoms with Crippen LogP contribution in [-0.4, -0.2) is 16.6 Å². The third kappa shape index (κ3) is 2.16. The Balaban J connectivity index is 2.04. The van der Waals surface area contributed by atoms with E-state index in [0.29, 0.717) is 0 Å². The number of pyridine rings is 1. The molecule has 3 nitrogen and oxygen atoms in total. The zero-order valence-corrected chi connectivity index (χ0v) is 11.4. The fourth-order valence-corrected chi connectivity index (χ4v) is 2.37. The maximum atomic E-state index is 5.75. The van der Waals surface area contributed by atoms with Crippen molar-refractivity contribution in [3.63, 3.8) is 0 Å². The molecule has 0 aliphatic carbocycles. The van der Waals surface area contributed by atoms with Gasteiger partial charge in [0, 0.05) is 23.0 Å². The Bertz CT molecular complexity index is 715. The van der Waals surface area contributed by atoms with E-state index >= 15 is 0 Å². The molecular weight excluding hydrogens is 236 g/mol. The van der Waals surface area contributed by atoms with Gasteiger partial charge in [0.2, 0.25) is 0 Å².